The summed E-state index contributed by atoms with van der Waals surface area (Å²) in [5.74, 6) is 1.36. The maximum Gasteiger partial charge on any atom is 0.123 e. The van der Waals surface area contributed by atoms with Crippen molar-refractivity contribution in [1.82, 2.24) is 10.6 Å². The first-order valence-electron chi connectivity index (χ1n) is 9.55. The van der Waals surface area contributed by atoms with Crippen LogP contribution in [0.15, 0.2) is 84.9 Å². The van der Waals surface area contributed by atoms with Gasteiger partial charge in [0, 0.05) is 36.7 Å². The van der Waals surface area contributed by atoms with Crippen LogP contribution in [0.5, 0.6) is 5.75 Å². The Labute approximate surface area is 161 Å². The highest BCUT2D eigenvalue weighted by Crippen LogP contribution is 2.34. The van der Waals surface area contributed by atoms with E-state index in [9.17, 15) is 0 Å². The van der Waals surface area contributed by atoms with Gasteiger partial charge in [-0.25, -0.2) is 0 Å². The van der Waals surface area contributed by atoms with Gasteiger partial charge >= 0.3 is 0 Å². The minimum absolute atomic E-state index is 0.283. The number of hydrogen-bond donors (Lipinski definition) is 2. The minimum atomic E-state index is 0.283. The molecule has 1 heterocycles. The Hall–Kier alpha value is -2.62. The van der Waals surface area contributed by atoms with Crippen LogP contribution in [-0.2, 0) is 6.54 Å². The Bertz CT molecular complexity index is 803. The van der Waals surface area contributed by atoms with Crippen molar-refractivity contribution in [2.75, 3.05) is 13.7 Å². The molecule has 0 radical (unpaired) electrons. The molecule has 4 rings (SSSR count). The molecule has 1 fully saturated rings. The van der Waals surface area contributed by atoms with Gasteiger partial charge in [-0.15, -0.1) is 0 Å². The van der Waals surface area contributed by atoms with Crippen LogP contribution in [0.2, 0.25) is 0 Å². The third-order valence-corrected chi connectivity index (χ3v) is 5.46. The van der Waals surface area contributed by atoms with Gasteiger partial charge in [-0.3, -0.25) is 0 Å². The average molecular weight is 358 g/mol. The fourth-order valence-corrected chi connectivity index (χ4v) is 4.09. The Morgan fingerprint density at radius 1 is 0.852 bits per heavy atom. The van der Waals surface area contributed by atoms with Crippen molar-refractivity contribution in [3.63, 3.8) is 0 Å². The Kier molecular flexibility index (Phi) is 5.52. The van der Waals surface area contributed by atoms with Crippen LogP contribution < -0.4 is 15.4 Å². The van der Waals surface area contributed by atoms with Crippen LogP contribution >= 0.6 is 0 Å². The van der Waals surface area contributed by atoms with E-state index in [1.54, 1.807) is 7.11 Å². The molecule has 0 aliphatic carbocycles. The van der Waals surface area contributed by atoms with Crippen molar-refractivity contribution in [2.24, 2.45) is 0 Å². The molecule has 0 aromatic heterocycles. The second-order valence-electron chi connectivity index (χ2n) is 7.03. The van der Waals surface area contributed by atoms with Crippen LogP contribution in [-0.4, -0.2) is 19.7 Å². The summed E-state index contributed by atoms with van der Waals surface area (Å²) in [6, 6.07) is 30.3. The molecule has 0 saturated carbocycles. The topological polar surface area (TPSA) is 33.3 Å². The Morgan fingerprint density at radius 2 is 1.48 bits per heavy atom. The normalized spacial score (nSPS) is 21.9. The molecule has 138 valence electrons. The smallest absolute Gasteiger partial charge is 0.123 e. The Balaban J connectivity index is 1.60. The summed E-state index contributed by atoms with van der Waals surface area (Å²) in [7, 11) is 1.73. The number of rotatable bonds is 6. The molecule has 3 aromatic rings. The zero-order valence-corrected chi connectivity index (χ0v) is 15.6. The summed E-state index contributed by atoms with van der Waals surface area (Å²) < 4.78 is 5.53. The fraction of sp³-hybridized carbons (Fsp3) is 0.250. The summed E-state index contributed by atoms with van der Waals surface area (Å²) in [6.07, 6.45) is 0. The molecule has 3 unspecified atom stereocenters. The van der Waals surface area contributed by atoms with Crippen LogP contribution in [0.25, 0.3) is 0 Å². The molecule has 0 bridgehead atoms. The number of hydrogen-bond acceptors (Lipinski definition) is 3. The lowest BCUT2D eigenvalue weighted by atomic mass is 9.88. The van der Waals surface area contributed by atoms with Gasteiger partial charge in [-0.1, -0.05) is 78.9 Å². The zero-order chi connectivity index (χ0) is 18.5. The number of ether oxygens (including phenoxy) is 1. The minimum Gasteiger partial charge on any atom is -0.496 e. The van der Waals surface area contributed by atoms with E-state index in [1.165, 1.54) is 16.7 Å². The Morgan fingerprint density at radius 3 is 2.19 bits per heavy atom. The van der Waals surface area contributed by atoms with Crippen molar-refractivity contribution < 1.29 is 4.74 Å². The molecule has 2 N–H and O–H groups in total. The average Bonchev–Trinajstić information content (AvgIpc) is 3.17. The van der Waals surface area contributed by atoms with Gasteiger partial charge in [0.1, 0.15) is 5.75 Å². The van der Waals surface area contributed by atoms with Gasteiger partial charge in [-0.05, 0) is 17.2 Å². The molecular formula is C24H26N2O. The second kappa shape index (κ2) is 8.38. The summed E-state index contributed by atoms with van der Waals surface area (Å²) >= 11 is 0. The summed E-state index contributed by atoms with van der Waals surface area (Å²) in [5, 5.41) is 7.57. The third kappa shape index (κ3) is 3.90. The number of para-hydroxylation sites is 1. The molecule has 3 aromatic carbocycles. The second-order valence-corrected chi connectivity index (χ2v) is 7.03. The van der Waals surface area contributed by atoms with E-state index in [2.05, 4.69) is 83.4 Å². The predicted octanol–water partition coefficient (Wildman–Crippen LogP) is 4.28. The molecule has 1 aliphatic heterocycles. The van der Waals surface area contributed by atoms with E-state index < -0.39 is 0 Å². The third-order valence-electron chi connectivity index (χ3n) is 5.46. The predicted molar refractivity (Wildman–Crippen MR) is 110 cm³/mol. The molecule has 1 saturated heterocycles. The molecule has 3 nitrogen and oxygen atoms in total. The first-order chi connectivity index (χ1) is 13.4. The van der Waals surface area contributed by atoms with Crippen LogP contribution in [0.1, 0.15) is 28.7 Å². The maximum atomic E-state index is 5.53. The quantitative estimate of drug-likeness (QED) is 0.690. The lowest BCUT2D eigenvalue weighted by Crippen LogP contribution is -2.37. The number of nitrogens with one attached hydrogen (secondary N) is 2. The molecule has 27 heavy (non-hydrogen) atoms. The van der Waals surface area contributed by atoms with Crippen molar-refractivity contribution in [1.29, 1.82) is 0 Å². The summed E-state index contributed by atoms with van der Waals surface area (Å²) in [4.78, 5) is 0. The molecule has 3 atom stereocenters. The van der Waals surface area contributed by atoms with E-state index in [0.29, 0.717) is 12.0 Å². The highest BCUT2D eigenvalue weighted by Gasteiger charge is 2.37. The van der Waals surface area contributed by atoms with Gasteiger partial charge in [0.2, 0.25) is 0 Å². The van der Waals surface area contributed by atoms with E-state index in [0.717, 1.165) is 18.8 Å². The van der Waals surface area contributed by atoms with Gasteiger partial charge in [0.05, 0.1) is 7.11 Å². The van der Waals surface area contributed by atoms with Crippen LogP contribution in [0.3, 0.4) is 0 Å². The SMILES string of the molecule is COc1ccccc1CNC1C(c2ccccc2)CNC1c1ccccc1. The van der Waals surface area contributed by atoms with Gasteiger partial charge < -0.3 is 15.4 Å². The lowest BCUT2D eigenvalue weighted by Gasteiger charge is -2.26. The van der Waals surface area contributed by atoms with Crippen molar-refractivity contribution in [3.8, 4) is 5.75 Å². The van der Waals surface area contributed by atoms with Crippen LogP contribution in [0, 0.1) is 0 Å². The van der Waals surface area contributed by atoms with E-state index >= 15 is 0 Å². The van der Waals surface area contributed by atoms with E-state index in [4.69, 9.17) is 4.74 Å². The highest BCUT2D eigenvalue weighted by atomic mass is 16.5. The first-order valence-corrected chi connectivity index (χ1v) is 9.55. The van der Waals surface area contributed by atoms with Crippen molar-refractivity contribution in [2.45, 2.75) is 24.5 Å². The number of methoxy groups -OCH3 is 1. The largest absolute Gasteiger partial charge is 0.496 e. The molecule has 3 heteroatoms. The zero-order valence-electron chi connectivity index (χ0n) is 15.6. The van der Waals surface area contributed by atoms with E-state index in [1.807, 2.05) is 12.1 Å². The lowest BCUT2D eigenvalue weighted by molar-refractivity contribution is 0.397. The van der Waals surface area contributed by atoms with Crippen molar-refractivity contribution in [3.05, 3.63) is 102 Å². The summed E-state index contributed by atoms with van der Waals surface area (Å²) in [5.41, 5.74) is 3.89. The first kappa shape index (κ1) is 17.8. The maximum absolute atomic E-state index is 5.53. The number of benzene rings is 3. The van der Waals surface area contributed by atoms with Crippen molar-refractivity contribution >= 4 is 0 Å². The fourth-order valence-electron chi connectivity index (χ4n) is 4.09. The monoisotopic (exact) mass is 358 g/mol. The van der Waals surface area contributed by atoms with Gasteiger partial charge in [0.15, 0.2) is 0 Å². The molecular weight excluding hydrogens is 332 g/mol. The van der Waals surface area contributed by atoms with Crippen LogP contribution in [0.4, 0.5) is 0 Å². The highest BCUT2D eigenvalue weighted by molar-refractivity contribution is 5.34. The molecule has 0 amide bonds. The molecule has 0 spiro atoms. The van der Waals surface area contributed by atoms with Gasteiger partial charge in [0.25, 0.3) is 0 Å². The standard InChI is InChI=1S/C24H26N2O/c1-27-22-15-9-8-14-20(22)16-25-24-21(18-10-4-2-5-11-18)17-26-23(24)19-12-6-3-7-13-19/h2-15,21,23-26H,16-17H2,1H3. The summed E-state index contributed by atoms with van der Waals surface area (Å²) in [6.45, 7) is 1.75. The molecule has 1 aliphatic rings. The van der Waals surface area contributed by atoms with Gasteiger partial charge in [-0.2, -0.15) is 0 Å². The van der Waals surface area contributed by atoms with E-state index in [-0.39, 0.29) is 6.04 Å².